The molecule has 0 spiro atoms. The number of benzene rings is 1. The van der Waals surface area contributed by atoms with Crippen LogP contribution in [0, 0.1) is 0 Å². The van der Waals surface area contributed by atoms with E-state index in [0.717, 1.165) is 18.4 Å². The van der Waals surface area contributed by atoms with Gasteiger partial charge in [-0.25, -0.2) is 9.79 Å². The highest BCUT2D eigenvalue weighted by Gasteiger charge is 2.21. The lowest BCUT2D eigenvalue weighted by Crippen LogP contribution is -2.24. The molecule has 0 bridgehead atoms. The van der Waals surface area contributed by atoms with E-state index in [9.17, 15) is 9.90 Å². The fourth-order valence-corrected chi connectivity index (χ4v) is 3.43. The number of imidazole rings is 1. The number of methoxy groups -OCH3 is 2. The van der Waals surface area contributed by atoms with Crippen molar-refractivity contribution in [2.24, 2.45) is 4.99 Å². The molecule has 0 amide bonds. The highest BCUT2D eigenvalue weighted by molar-refractivity contribution is 5.57. The molecule has 3 heterocycles. The van der Waals surface area contributed by atoms with E-state index in [1.54, 1.807) is 31.0 Å². The molecule has 1 fully saturated rings. The normalized spacial score (nSPS) is 14.7. The lowest BCUT2D eigenvalue weighted by Gasteiger charge is -2.13. The molecule has 1 saturated carbocycles. The lowest BCUT2D eigenvalue weighted by molar-refractivity contribution is 0.352. The molecule has 0 atom stereocenters. The number of nitrogens with one attached hydrogen (secondary N) is 3. The van der Waals surface area contributed by atoms with Crippen molar-refractivity contribution >= 4 is 17.7 Å². The molecule has 12 nitrogen and oxygen atoms in total. The first kappa shape index (κ1) is 20.5. The van der Waals surface area contributed by atoms with Crippen molar-refractivity contribution < 1.29 is 14.6 Å². The molecule has 4 aromatic rings. The predicted molar refractivity (Wildman–Crippen MR) is 118 cm³/mol. The van der Waals surface area contributed by atoms with Crippen molar-refractivity contribution in [1.82, 2.24) is 29.5 Å². The van der Waals surface area contributed by atoms with Crippen molar-refractivity contribution in [3.63, 3.8) is 0 Å². The van der Waals surface area contributed by atoms with Crippen LogP contribution in [0.1, 0.15) is 24.1 Å². The van der Waals surface area contributed by atoms with Crippen molar-refractivity contribution in [2.75, 3.05) is 19.5 Å². The molecular formula is C21H22N8O4. The molecular weight excluding hydrogens is 428 g/mol. The lowest BCUT2D eigenvalue weighted by atomic mass is 10.2. The SMILES string of the molecule is COc1cccc(CNc2nc(=NC3CC3)n3nc/c(=C\c4[nH]c(=O)[nH]c4O)c3n2)c1OC. The number of aromatic amines is 2. The molecule has 1 aliphatic rings. The number of anilines is 1. The Balaban J connectivity index is 1.57. The van der Waals surface area contributed by atoms with Gasteiger partial charge in [-0.05, 0) is 25.0 Å². The number of para-hydroxylation sites is 1. The second-order valence-corrected chi connectivity index (χ2v) is 7.53. The highest BCUT2D eigenvalue weighted by Crippen LogP contribution is 2.30. The molecule has 1 aliphatic carbocycles. The molecule has 4 N–H and O–H groups in total. The van der Waals surface area contributed by atoms with Crippen LogP contribution in [0.25, 0.3) is 11.7 Å². The first-order chi connectivity index (χ1) is 16.1. The average Bonchev–Trinajstić information content (AvgIpc) is 3.45. The van der Waals surface area contributed by atoms with Gasteiger partial charge in [0.1, 0.15) is 5.69 Å². The third kappa shape index (κ3) is 4.10. The van der Waals surface area contributed by atoms with Gasteiger partial charge in [0.05, 0.1) is 26.5 Å². The molecule has 0 saturated heterocycles. The number of aromatic nitrogens is 6. The minimum Gasteiger partial charge on any atom is -0.493 e. The smallest absolute Gasteiger partial charge is 0.326 e. The van der Waals surface area contributed by atoms with E-state index in [2.05, 4.69) is 35.3 Å². The number of hydrogen-bond donors (Lipinski definition) is 4. The third-order valence-corrected chi connectivity index (χ3v) is 5.18. The Morgan fingerprint density at radius 3 is 2.82 bits per heavy atom. The summed E-state index contributed by atoms with van der Waals surface area (Å²) in [6.45, 7) is 0.387. The molecule has 0 aliphatic heterocycles. The summed E-state index contributed by atoms with van der Waals surface area (Å²) in [5.41, 5.74) is 1.49. The Kier molecular flexibility index (Phi) is 5.17. The Morgan fingerprint density at radius 1 is 1.27 bits per heavy atom. The maximum Gasteiger partial charge on any atom is 0.326 e. The molecule has 0 radical (unpaired) electrons. The van der Waals surface area contributed by atoms with Gasteiger partial charge >= 0.3 is 5.69 Å². The van der Waals surface area contributed by atoms with Crippen LogP contribution >= 0.6 is 0 Å². The van der Waals surface area contributed by atoms with Crippen LogP contribution in [0.5, 0.6) is 17.4 Å². The highest BCUT2D eigenvalue weighted by atomic mass is 16.5. The minimum atomic E-state index is -0.510. The third-order valence-electron chi connectivity index (χ3n) is 5.18. The standard InChI is InChI=1S/C21H22N8O4/c1-32-15-5-3-4-11(16(15)33-2)9-22-19-26-17-12(8-14-18(30)27-21(31)25-14)10-23-29(17)20(28-19)24-13-6-7-13/h3-5,8,10,13,30H,6-7,9H2,1-2H3,(H,22,24,28)(H2,25,27,31)/b12-8+. The summed E-state index contributed by atoms with van der Waals surface area (Å²) in [6.07, 6.45) is 5.18. The first-order valence-electron chi connectivity index (χ1n) is 10.3. The first-order valence-corrected chi connectivity index (χ1v) is 10.3. The van der Waals surface area contributed by atoms with Crippen LogP contribution in [0.2, 0.25) is 0 Å². The van der Waals surface area contributed by atoms with Crippen molar-refractivity contribution in [2.45, 2.75) is 25.4 Å². The largest absolute Gasteiger partial charge is 0.493 e. The quantitative estimate of drug-likeness (QED) is 0.309. The fourth-order valence-electron chi connectivity index (χ4n) is 3.43. The van der Waals surface area contributed by atoms with Gasteiger partial charge in [0, 0.05) is 17.3 Å². The summed E-state index contributed by atoms with van der Waals surface area (Å²) in [4.78, 5) is 30.1. The molecule has 12 heteroatoms. The maximum absolute atomic E-state index is 11.5. The van der Waals surface area contributed by atoms with E-state index in [4.69, 9.17) is 9.47 Å². The molecule has 0 unspecified atom stereocenters. The van der Waals surface area contributed by atoms with E-state index < -0.39 is 5.69 Å². The van der Waals surface area contributed by atoms with Gasteiger partial charge in [-0.1, -0.05) is 12.1 Å². The van der Waals surface area contributed by atoms with E-state index in [-0.39, 0.29) is 17.6 Å². The Morgan fingerprint density at radius 2 is 2.12 bits per heavy atom. The zero-order valence-electron chi connectivity index (χ0n) is 18.0. The van der Waals surface area contributed by atoms with Gasteiger partial charge in [0.25, 0.3) is 5.62 Å². The number of rotatable bonds is 7. The van der Waals surface area contributed by atoms with Crippen LogP contribution in [0.15, 0.2) is 34.2 Å². The Labute approximate surface area is 186 Å². The zero-order chi connectivity index (χ0) is 22.9. The number of nitrogens with zero attached hydrogens (tertiary/aromatic N) is 5. The van der Waals surface area contributed by atoms with Crippen LogP contribution in [-0.4, -0.2) is 54.9 Å². The summed E-state index contributed by atoms with van der Waals surface area (Å²) in [5.74, 6) is 1.35. The maximum atomic E-state index is 11.5. The second-order valence-electron chi connectivity index (χ2n) is 7.53. The Bertz CT molecular complexity index is 1500. The summed E-state index contributed by atoms with van der Waals surface area (Å²) < 4.78 is 12.4. The van der Waals surface area contributed by atoms with Gasteiger partial charge in [-0.2, -0.15) is 19.6 Å². The minimum absolute atomic E-state index is 0.219. The zero-order valence-corrected chi connectivity index (χ0v) is 18.0. The summed E-state index contributed by atoms with van der Waals surface area (Å²) >= 11 is 0. The number of H-pyrrole nitrogens is 2. The second kappa shape index (κ2) is 8.30. The number of ether oxygens (including phenoxy) is 2. The molecule has 1 aromatic carbocycles. The van der Waals surface area contributed by atoms with Crippen molar-refractivity contribution in [3.05, 3.63) is 57.0 Å². The monoisotopic (exact) mass is 450 g/mol. The van der Waals surface area contributed by atoms with Crippen LogP contribution < -0.4 is 31.3 Å². The van der Waals surface area contributed by atoms with Crippen LogP contribution in [-0.2, 0) is 6.54 Å². The van der Waals surface area contributed by atoms with Crippen molar-refractivity contribution in [3.8, 4) is 17.4 Å². The Hall–Kier alpha value is -4.35. The van der Waals surface area contributed by atoms with E-state index in [1.165, 1.54) is 0 Å². The molecule has 3 aromatic heterocycles. The van der Waals surface area contributed by atoms with Gasteiger partial charge in [-0.3, -0.25) is 4.98 Å². The van der Waals surface area contributed by atoms with Gasteiger partial charge in [0.2, 0.25) is 11.8 Å². The fraction of sp³-hybridized carbons (Fsp3) is 0.286. The van der Waals surface area contributed by atoms with Crippen LogP contribution in [0.4, 0.5) is 5.95 Å². The van der Waals surface area contributed by atoms with Gasteiger partial charge in [0.15, 0.2) is 17.1 Å². The van der Waals surface area contributed by atoms with E-state index in [0.29, 0.717) is 40.5 Å². The summed E-state index contributed by atoms with van der Waals surface area (Å²) in [6, 6.07) is 5.85. The summed E-state index contributed by atoms with van der Waals surface area (Å²) in [7, 11) is 3.18. The molecule has 33 heavy (non-hydrogen) atoms. The topological polar surface area (TPSA) is 155 Å². The van der Waals surface area contributed by atoms with E-state index in [1.807, 2.05) is 18.2 Å². The average molecular weight is 450 g/mol. The predicted octanol–water partition coefficient (Wildman–Crippen LogP) is 0.0864. The summed E-state index contributed by atoms with van der Waals surface area (Å²) in [5, 5.41) is 18.1. The number of hydrogen-bond acceptors (Lipinski definition) is 9. The van der Waals surface area contributed by atoms with E-state index >= 15 is 0 Å². The van der Waals surface area contributed by atoms with Gasteiger partial charge < -0.3 is 24.9 Å². The van der Waals surface area contributed by atoms with Crippen LogP contribution in [0.3, 0.4) is 0 Å². The molecule has 170 valence electrons. The van der Waals surface area contributed by atoms with Crippen molar-refractivity contribution in [1.29, 1.82) is 0 Å². The van der Waals surface area contributed by atoms with Gasteiger partial charge in [-0.15, -0.1) is 0 Å². The number of fused-ring (bicyclic) bond motifs is 1. The number of aromatic hydroxyl groups is 1. The molecule has 5 rings (SSSR count).